The van der Waals surface area contributed by atoms with Crippen LogP contribution in [0.3, 0.4) is 0 Å². The Kier molecular flexibility index (Phi) is 7.71. The zero-order chi connectivity index (χ0) is 27.7. The van der Waals surface area contributed by atoms with Crippen molar-refractivity contribution in [3.05, 3.63) is 69.6 Å². The highest BCUT2D eigenvalue weighted by atomic mass is 79.9. The van der Waals surface area contributed by atoms with Gasteiger partial charge in [-0.3, -0.25) is 14.4 Å². The molecule has 13 heteroatoms. The van der Waals surface area contributed by atoms with Gasteiger partial charge in [-0.25, -0.2) is 19.3 Å². The highest BCUT2D eigenvalue weighted by Gasteiger charge is 2.40. The summed E-state index contributed by atoms with van der Waals surface area (Å²) >= 11 is 6.51. The Labute approximate surface area is 238 Å². The Bertz CT molecular complexity index is 1580. The van der Waals surface area contributed by atoms with Gasteiger partial charge < -0.3 is 19.5 Å². The number of nitrogens with zero attached hydrogens (tertiary/aromatic N) is 5. The number of halogens is 3. The topological polar surface area (TPSA) is 119 Å². The van der Waals surface area contributed by atoms with E-state index in [-0.39, 0.29) is 37.1 Å². The lowest BCUT2D eigenvalue weighted by Gasteiger charge is -2.24. The molecule has 4 aromatic rings. The van der Waals surface area contributed by atoms with Gasteiger partial charge >= 0.3 is 6.01 Å². The van der Waals surface area contributed by atoms with Gasteiger partial charge in [-0.05, 0) is 69.1 Å². The smallest absolute Gasteiger partial charge is 0.321 e. The largest absolute Gasteiger partial charge is 0.424 e. The number of carbonyl (C=O) groups excluding carboxylic acids is 3. The number of ketones is 1. The molecule has 1 aromatic carbocycles. The quantitative estimate of drug-likeness (QED) is 0.221. The van der Waals surface area contributed by atoms with Crippen LogP contribution in [0, 0.1) is 0 Å². The summed E-state index contributed by atoms with van der Waals surface area (Å²) < 4.78 is 23.0. The number of pyridine rings is 1. The molecule has 200 valence electrons. The molecule has 1 N–H and O–H groups in total. The maximum atomic E-state index is 14.4. The van der Waals surface area contributed by atoms with Gasteiger partial charge in [0.1, 0.15) is 34.9 Å². The lowest BCUT2D eigenvalue weighted by atomic mass is 10.1. The molecule has 39 heavy (non-hydrogen) atoms. The van der Waals surface area contributed by atoms with Gasteiger partial charge in [0, 0.05) is 41.5 Å². The number of likely N-dealkylation sites (tertiary alicyclic amines) is 1. The van der Waals surface area contributed by atoms with Crippen LogP contribution >= 0.6 is 31.9 Å². The van der Waals surface area contributed by atoms with Crippen LogP contribution in [-0.4, -0.2) is 60.8 Å². The zero-order valence-corrected chi connectivity index (χ0v) is 23.6. The third kappa shape index (κ3) is 5.98. The van der Waals surface area contributed by atoms with Gasteiger partial charge in [-0.1, -0.05) is 6.07 Å². The van der Waals surface area contributed by atoms with E-state index in [0.29, 0.717) is 31.3 Å². The van der Waals surface area contributed by atoms with Crippen LogP contribution in [0.15, 0.2) is 64.1 Å². The molecule has 3 aromatic heterocycles. The van der Waals surface area contributed by atoms with E-state index in [2.05, 4.69) is 52.1 Å². The molecule has 1 fully saturated rings. The molecule has 4 heterocycles. The Morgan fingerprint density at radius 3 is 2.64 bits per heavy atom. The molecule has 1 saturated heterocycles. The highest BCUT2D eigenvalue weighted by molar-refractivity contribution is 9.10. The minimum atomic E-state index is -1.34. The first-order chi connectivity index (χ1) is 18.7. The van der Waals surface area contributed by atoms with Crippen molar-refractivity contribution in [2.45, 2.75) is 32.1 Å². The van der Waals surface area contributed by atoms with Crippen molar-refractivity contribution < 1.29 is 23.5 Å². The van der Waals surface area contributed by atoms with Crippen LogP contribution in [-0.2, 0) is 16.1 Å². The van der Waals surface area contributed by atoms with Crippen molar-refractivity contribution in [1.82, 2.24) is 24.4 Å². The van der Waals surface area contributed by atoms with E-state index >= 15 is 0 Å². The maximum Gasteiger partial charge on any atom is 0.321 e. The number of hydrogen-bond acceptors (Lipinski definition) is 7. The number of amides is 2. The standard InChI is InChI=1S/C26H21Br2FN6O4/c1-14(36)19-12-34(20-6-5-17(8-18(19)20)39-26-30-9-15(27)10-31-26)13-24(37)35-11-16(29)7-21(35)25(38)33-23-4-2-3-22(28)32-23/h2-6,8-10,12,16,21H,7,11,13H2,1H3,(H,32,33,38). The summed E-state index contributed by atoms with van der Waals surface area (Å²) in [6.07, 6.45) is 3.22. The van der Waals surface area contributed by atoms with E-state index in [1.54, 1.807) is 59.6 Å². The molecule has 2 atom stereocenters. The average molecular weight is 660 g/mol. The van der Waals surface area contributed by atoms with E-state index in [9.17, 15) is 18.8 Å². The van der Waals surface area contributed by atoms with Crippen molar-refractivity contribution in [1.29, 1.82) is 0 Å². The van der Waals surface area contributed by atoms with Crippen molar-refractivity contribution in [2.75, 3.05) is 11.9 Å². The molecular formula is C26H21Br2FN6O4. The molecule has 1 aliphatic rings. The van der Waals surface area contributed by atoms with Crippen molar-refractivity contribution in [3.8, 4) is 11.8 Å². The van der Waals surface area contributed by atoms with Crippen molar-refractivity contribution in [2.24, 2.45) is 0 Å². The van der Waals surface area contributed by atoms with Gasteiger partial charge in [-0.2, -0.15) is 0 Å². The second kappa shape index (κ2) is 11.2. The second-order valence-corrected chi connectivity index (χ2v) is 10.6. The predicted molar refractivity (Wildman–Crippen MR) is 147 cm³/mol. The van der Waals surface area contributed by atoms with Crippen LogP contribution in [0.4, 0.5) is 10.2 Å². The molecule has 5 rings (SSSR count). The summed E-state index contributed by atoms with van der Waals surface area (Å²) in [7, 11) is 0. The van der Waals surface area contributed by atoms with Crippen LogP contribution in [0.25, 0.3) is 10.9 Å². The molecule has 2 unspecified atom stereocenters. The number of aromatic nitrogens is 4. The molecule has 0 spiro atoms. The number of hydrogen-bond donors (Lipinski definition) is 1. The Hall–Kier alpha value is -3.71. The first-order valence-corrected chi connectivity index (χ1v) is 13.4. The fourth-order valence-electron chi connectivity index (χ4n) is 4.44. The second-order valence-electron chi connectivity index (χ2n) is 8.92. The Morgan fingerprint density at radius 2 is 1.92 bits per heavy atom. The number of Topliss-reactive ketones (excluding diaryl/α,β-unsaturated/α-hetero) is 1. The number of carbonyl (C=O) groups is 3. The molecule has 1 aliphatic heterocycles. The van der Waals surface area contributed by atoms with Crippen LogP contribution in [0.1, 0.15) is 23.7 Å². The fraction of sp³-hybridized carbons (Fsp3) is 0.231. The summed E-state index contributed by atoms with van der Waals surface area (Å²) in [5, 5.41) is 3.23. The SMILES string of the molecule is CC(=O)c1cn(CC(=O)N2CC(F)CC2C(=O)Nc2cccc(Br)n2)c2ccc(Oc3ncc(Br)cn3)cc12. The monoisotopic (exact) mass is 658 g/mol. The minimum Gasteiger partial charge on any atom is -0.424 e. The van der Waals surface area contributed by atoms with Crippen LogP contribution in [0.2, 0.25) is 0 Å². The minimum absolute atomic E-state index is 0.116. The summed E-state index contributed by atoms with van der Waals surface area (Å²) in [6, 6.07) is 9.22. The molecule has 2 amide bonds. The third-order valence-corrected chi connectivity index (χ3v) is 7.03. The lowest BCUT2D eigenvalue weighted by molar-refractivity contribution is -0.137. The first-order valence-electron chi connectivity index (χ1n) is 11.8. The molecule has 0 radical (unpaired) electrons. The first kappa shape index (κ1) is 26.9. The number of fused-ring (bicyclic) bond motifs is 1. The van der Waals surface area contributed by atoms with E-state index in [1.807, 2.05) is 0 Å². The van der Waals surface area contributed by atoms with Gasteiger partial charge in [0.15, 0.2) is 5.78 Å². The number of benzene rings is 1. The van der Waals surface area contributed by atoms with E-state index in [0.717, 1.165) is 0 Å². The number of nitrogens with one attached hydrogen (secondary N) is 1. The highest BCUT2D eigenvalue weighted by Crippen LogP contribution is 2.30. The maximum absolute atomic E-state index is 14.4. The number of ether oxygens (including phenoxy) is 1. The molecular weight excluding hydrogens is 639 g/mol. The normalized spacial score (nSPS) is 16.9. The molecule has 0 bridgehead atoms. The molecule has 10 nitrogen and oxygen atoms in total. The number of alkyl halides is 1. The van der Waals surface area contributed by atoms with Crippen molar-refractivity contribution >= 4 is 66.2 Å². The zero-order valence-electron chi connectivity index (χ0n) is 20.5. The number of anilines is 1. The predicted octanol–water partition coefficient (Wildman–Crippen LogP) is 4.92. The Morgan fingerprint density at radius 1 is 1.15 bits per heavy atom. The van der Waals surface area contributed by atoms with Crippen LogP contribution < -0.4 is 10.1 Å². The molecule has 0 saturated carbocycles. The summed E-state index contributed by atoms with van der Waals surface area (Å²) in [6.45, 7) is 1.04. The van der Waals surface area contributed by atoms with Gasteiger partial charge in [-0.15, -0.1) is 0 Å². The van der Waals surface area contributed by atoms with E-state index < -0.39 is 24.0 Å². The van der Waals surface area contributed by atoms with Crippen molar-refractivity contribution in [3.63, 3.8) is 0 Å². The average Bonchev–Trinajstić information content (AvgIpc) is 3.46. The fourth-order valence-corrected chi connectivity index (χ4v) is 4.99. The lowest BCUT2D eigenvalue weighted by Crippen LogP contribution is -2.44. The van der Waals surface area contributed by atoms with E-state index in [4.69, 9.17) is 4.74 Å². The summed E-state index contributed by atoms with van der Waals surface area (Å²) in [5.74, 6) is -0.472. The van der Waals surface area contributed by atoms with Crippen LogP contribution in [0.5, 0.6) is 11.8 Å². The third-order valence-electron chi connectivity index (χ3n) is 6.18. The summed E-state index contributed by atoms with van der Waals surface area (Å²) in [5.41, 5.74) is 0.993. The Balaban J connectivity index is 1.37. The number of rotatable bonds is 7. The van der Waals surface area contributed by atoms with Gasteiger partial charge in [0.2, 0.25) is 11.8 Å². The summed E-state index contributed by atoms with van der Waals surface area (Å²) in [4.78, 5) is 52.3. The van der Waals surface area contributed by atoms with Gasteiger partial charge in [0.05, 0.1) is 11.0 Å². The van der Waals surface area contributed by atoms with Gasteiger partial charge in [0.25, 0.3) is 0 Å². The van der Waals surface area contributed by atoms with E-state index in [1.165, 1.54) is 11.8 Å². The molecule has 0 aliphatic carbocycles.